The maximum absolute atomic E-state index is 10.5. The predicted molar refractivity (Wildman–Crippen MR) is 68.3 cm³/mol. The lowest BCUT2D eigenvalue weighted by molar-refractivity contribution is -0.108. The van der Waals surface area contributed by atoms with E-state index in [1.54, 1.807) is 0 Å². The minimum absolute atomic E-state index is 0.330. The zero-order chi connectivity index (χ0) is 12.1. The summed E-state index contributed by atoms with van der Waals surface area (Å²) in [6, 6.07) is 8.76. The smallest absolute Gasteiger partial charge is 0.120 e. The Bertz CT molecular complexity index is 350. The summed E-state index contributed by atoms with van der Waals surface area (Å²) in [6.07, 6.45) is 3.86. The molecule has 0 N–H and O–H groups in total. The van der Waals surface area contributed by atoms with E-state index in [1.165, 1.54) is 11.1 Å². The van der Waals surface area contributed by atoms with Crippen LogP contribution in [0.4, 0.5) is 0 Å². The first kappa shape index (κ1) is 12.3. The lowest BCUT2D eigenvalue weighted by Crippen LogP contribution is -2.14. The van der Waals surface area contributed by atoms with Gasteiger partial charge in [0.2, 0.25) is 0 Å². The molecule has 1 aliphatic heterocycles. The van der Waals surface area contributed by atoms with Crippen molar-refractivity contribution in [2.75, 3.05) is 13.2 Å². The summed E-state index contributed by atoms with van der Waals surface area (Å²) in [5.74, 6) is 0.982. The quantitative estimate of drug-likeness (QED) is 0.745. The minimum atomic E-state index is 0.330. The third-order valence-electron chi connectivity index (χ3n) is 3.65. The van der Waals surface area contributed by atoms with Crippen LogP contribution in [0.15, 0.2) is 24.3 Å². The van der Waals surface area contributed by atoms with Gasteiger partial charge in [-0.05, 0) is 35.8 Å². The molecule has 0 aromatic heterocycles. The van der Waals surface area contributed by atoms with Crippen molar-refractivity contribution in [2.24, 2.45) is 0 Å². The number of carbonyl (C=O) groups is 1. The average molecular weight is 232 g/mol. The molecule has 92 valence electrons. The monoisotopic (exact) mass is 232 g/mol. The van der Waals surface area contributed by atoms with Crippen LogP contribution in [0.1, 0.15) is 49.1 Å². The number of rotatable bonds is 4. The zero-order valence-electron chi connectivity index (χ0n) is 10.4. The van der Waals surface area contributed by atoms with Crippen LogP contribution in [0.25, 0.3) is 0 Å². The Morgan fingerprint density at radius 3 is 2.53 bits per heavy atom. The van der Waals surface area contributed by atoms with Crippen LogP contribution in [0.2, 0.25) is 0 Å². The van der Waals surface area contributed by atoms with Crippen molar-refractivity contribution in [1.29, 1.82) is 0 Å². The molecule has 0 bridgehead atoms. The highest BCUT2D eigenvalue weighted by Crippen LogP contribution is 2.28. The van der Waals surface area contributed by atoms with Crippen LogP contribution < -0.4 is 0 Å². The number of hydrogen-bond donors (Lipinski definition) is 0. The van der Waals surface area contributed by atoms with Crippen LogP contribution in [-0.2, 0) is 9.53 Å². The van der Waals surface area contributed by atoms with E-state index in [9.17, 15) is 4.79 Å². The van der Waals surface area contributed by atoms with E-state index in [4.69, 9.17) is 4.74 Å². The van der Waals surface area contributed by atoms with Gasteiger partial charge in [0.1, 0.15) is 6.29 Å². The maximum atomic E-state index is 10.5. The standard InChI is InChI=1S/C15H20O2/c1-12(6-9-16)13-2-4-14(5-3-13)15-7-10-17-11-8-15/h2-5,9,12,15H,6-8,10-11H2,1H3. The summed E-state index contributed by atoms with van der Waals surface area (Å²) in [6.45, 7) is 3.86. The fourth-order valence-electron chi connectivity index (χ4n) is 2.41. The lowest BCUT2D eigenvalue weighted by atomic mass is 9.89. The second-order valence-electron chi connectivity index (χ2n) is 4.86. The van der Waals surface area contributed by atoms with Gasteiger partial charge in [-0.25, -0.2) is 0 Å². The van der Waals surface area contributed by atoms with Gasteiger partial charge in [0.05, 0.1) is 0 Å². The molecule has 2 nitrogen and oxygen atoms in total. The molecule has 0 amide bonds. The predicted octanol–water partition coefficient (Wildman–Crippen LogP) is 3.27. The molecular formula is C15H20O2. The van der Waals surface area contributed by atoms with Gasteiger partial charge in [-0.1, -0.05) is 31.2 Å². The fraction of sp³-hybridized carbons (Fsp3) is 0.533. The van der Waals surface area contributed by atoms with Gasteiger partial charge in [-0.2, -0.15) is 0 Å². The number of benzene rings is 1. The first-order valence-corrected chi connectivity index (χ1v) is 6.42. The van der Waals surface area contributed by atoms with Crippen LogP contribution >= 0.6 is 0 Å². The van der Waals surface area contributed by atoms with E-state index >= 15 is 0 Å². The molecule has 2 heteroatoms. The molecule has 1 aromatic carbocycles. The first-order chi connectivity index (χ1) is 8.31. The Morgan fingerprint density at radius 2 is 1.94 bits per heavy atom. The van der Waals surface area contributed by atoms with Crippen molar-refractivity contribution in [3.63, 3.8) is 0 Å². The molecule has 1 fully saturated rings. The van der Waals surface area contributed by atoms with Crippen molar-refractivity contribution >= 4 is 6.29 Å². The van der Waals surface area contributed by atoms with Crippen molar-refractivity contribution in [3.8, 4) is 0 Å². The zero-order valence-corrected chi connectivity index (χ0v) is 10.4. The number of ether oxygens (including phenoxy) is 1. The van der Waals surface area contributed by atoms with E-state index in [-0.39, 0.29) is 0 Å². The Kier molecular flexibility index (Phi) is 4.32. The van der Waals surface area contributed by atoms with Gasteiger partial charge in [0.15, 0.2) is 0 Å². The van der Waals surface area contributed by atoms with E-state index < -0.39 is 0 Å². The SMILES string of the molecule is CC(CC=O)c1ccc(C2CCOCC2)cc1. The highest BCUT2D eigenvalue weighted by Gasteiger charge is 2.15. The number of aldehydes is 1. The fourth-order valence-corrected chi connectivity index (χ4v) is 2.41. The highest BCUT2D eigenvalue weighted by molar-refractivity contribution is 5.51. The summed E-state index contributed by atoms with van der Waals surface area (Å²) in [5, 5.41) is 0. The average Bonchev–Trinajstić information content (AvgIpc) is 2.40. The molecule has 1 atom stereocenters. The van der Waals surface area contributed by atoms with Gasteiger partial charge in [0, 0.05) is 19.6 Å². The van der Waals surface area contributed by atoms with Crippen LogP contribution in [0.3, 0.4) is 0 Å². The summed E-state index contributed by atoms with van der Waals surface area (Å²) in [5.41, 5.74) is 2.67. The van der Waals surface area contributed by atoms with Crippen molar-refractivity contribution in [2.45, 2.75) is 38.0 Å². The molecule has 1 aromatic rings. The van der Waals surface area contributed by atoms with Gasteiger partial charge < -0.3 is 9.53 Å². The topological polar surface area (TPSA) is 26.3 Å². The molecule has 1 unspecified atom stereocenters. The van der Waals surface area contributed by atoms with Crippen LogP contribution in [0.5, 0.6) is 0 Å². The molecule has 1 heterocycles. The highest BCUT2D eigenvalue weighted by atomic mass is 16.5. The number of carbonyl (C=O) groups excluding carboxylic acids is 1. The summed E-state index contributed by atoms with van der Waals surface area (Å²) >= 11 is 0. The Hall–Kier alpha value is -1.15. The van der Waals surface area contributed by atoms with Gasteiger partial charge >= 0.3 is 0 Å². The molecule has 1 aliphatic rings. The van der Waals surface area contributed by atoms with Crippen molar-refractivity contribution in [3.05, 3.63) is 35.4 Å². The lowest BCUT2D eigenvalue weighted by Gasteiger charge is -2.22. The molecular weight excluding hydrogens is 212 g/mol. The third-order valence-corrected chi connectivity index (χ3v) is 3.65. The van der Waals surface area contributed by atoms with Crippen molar-refractivity contribution in [1.82, 2.24) is 0 Å². The van der Waals surface area contributed by atoms with Crippen LogP contribution in [0, 0.1) is 0 Å². The third kappa shape index (κ3) is 3.16. The molecule has 0 radical (unpaired) electrons. The van der Waals surface area contributed by atoms with E-state index in [2.05, 4.69) is 31.2 Å². The van der Waals surface area contributed by atoms with Crippen LogP contribution in [-0.4, -0.2) is 19.5 Å². The number of hydrogen-bond acceptors (Lipinski definition) is 2. The second-order valence-corrected chi connectivity index (χ2v) is 4.86. The Balaban J connectivity index is 2.03. The second kappa shape index (κ2) is 5.97. The van der Waals surface area contributed by atoms with E-state index in [1.807, 2.05) is 0 Å². The van der Waals surface area contributed by atoms with Gasteiger partial charge in [-0.3, -0.25) is 0 Å². The molecule has 17 heavy (non-hydrogen) atoms. The first-order valence-electron chi connectivity index (χ1n) is 6.42. The molecule has 2 rings (SSSR count). The largest absolute Gasteiger partial charge is 0.381 e. The molecule has 0 spiro atoms. The summed E-state index contributed by atoms with van der Waals surface area (Å²) in [7, 11) is 0. The summed E-state index contributed by atoms with van der Waals surface area (Å²) in [4.78, 5) is 10.5. The van der Waals surface area contributed by atoms with Crippen molar-refractivity contribution < 1.29 is 9.53 Å². The maximum Gasteiger partial charge on any atom is 0.120 e. The van der Waals surface area contributed by atoms with E-state index in [0.717, 1.165) is 32.3 Å². The molecule has 0 aliphatic carbocycles. The van der Waals surface area contributed by atoms with E-state index in [0.29, 0.717) is 18.3 Å². The van der Waals surface area contributed by atoms with Gasteiger partial charge in [-0.15, -0.1) is 0 Å². The molecule has 1 saturated heterocycles. The molecule has 0 saturated carbocycles. The Labute approximate surface area is 103 Å². The van der Waals surface area contributed by atoms with Gasteiger partial charge in [0.25, 0.3) is 0 Å². The normalized spacial score (nSPS) is 18.9. The summed E-state index contributed by atoms with van der Waals surface area (Å²) < 4.78 is 5.38. The minimum Gasteiger partial charge on any atom is -0.381 e. The Morgan fingerprint density at radius 1 is 1.29 bits per heavy atom.